The number of carbonyl (C=O) groups excluding carboxylic acids is 1. The number of ether oxygens (including phenoxy) is 1. The van der Waals surface area contributed by atoms with Crippen LogP contribution in [-0.4, -0.2) is 23.8 Å². The highest BCUT2D eigenvalue weighted by Gasteiger charge is 2.29. The zero-order valence-electron chi connectivity index (χ0n) is 16.0. The number of nitrogens with one attached hydrogen (secondary N) is 1. The fraction of sp³-hybridized carbons (Fsp3) is 0.167. The molecule has 0 saturated carbocycles. The molecule has 5 heteroatoms. The molecular weight excluding hydrogens is 366 g/mol. The fourth-order valence-corrected chi connectivity index (χ4v) is 3.85. The highest BCUT2D eigenvalue weighted by atomic mass is 16.5. The second-order valence-corrected chi connectivity index (χ2v) is 6.99. The van der Waals surface area contributed by atoms with E-state index in [1.807, 2.05) is 31.2 Å². The van der Waals surface area contributed by atoms with E-state index in [4.69, 9.17) is 4.74 Å². The minimum atomic E-state index is -1.10. The van der Waals surface area contributed by atoms with Gasteiger partial charge in [0.15, 0.2) is 0 Å². The summed E-state index contributed by atoms with van der Waals surface area (Å²) in [5.74, 6) is -1.14. The van der Waals surface area contributed by atoms with Crippen LogP contribution < -0.4 is 5.32 Å². The summed E-state index contributed by atoms with van der Waals surface area (Å²) < 4.78 is 5.51. The summed E-state index contributed by atoms with van der Waals surface area (Å²) in [4.78, 5) is 23.9. The van der Waals surface area contributed by atoms with E-state index in [1.54, 1.807) is 12.1 Å². The lowest BCUT2D eigenvalue weighted by Gasteiger charge is -2.15. The number of rotatable bonds is 5. The molecule has 0 atom stereocenters. The lowest BCUT2D eigenvalue weighted by molar-refractivity contribution is 0.0698. The average Bonchev–Trinajstić information content (AvgIpc) is 3.06. The van der Waals surface area contributed by atoms with Crippen LogP contribution in [0.4, 0.5) is 10.5 Å². The van der Waals surface area contributed by atoms with Crippen molar-refractivity contribution < 1.29 is 19.4 Å². The molecule has 0 spiro atoms. The third-order valence-electron chi connectivity index (χ3n) is 5.30. The van der Waals surface area contributed by atoms with Gasteiger partial charge in [0.1, 0.15) is 6.61 Å². The Morgan fingerprint density at radius 2 is 1.59 bits per heavy atom. The number of hydrogen-bond donors (Lipinski definition) is 2. The largest absolute Gasteiger partial charge is 0.478 e. The lowest BCUT2D eigenvalue weighted by Crippen LogP contribution is -2.19. The molecular formula is C24H21NO4. The number of aryl methyl sites for hydroxylation is 1. The Kier molecular flexibility index (Phi) is 5.04. The molecule has 0 fully saturated rings. The van der Waals surface area contributed by atoms with Crippen LogP contribution in [0.5, 0.6) is 0 Å². The molecule has 4 rings (SSSR count). The van der Waals surface area contributed by atoms with Gasteiger partial charge in [0, 0.05) is 5.92 Å². The van der Waals surface area contributed by atoms with E-state index in [-0.39, 0.29) is 23.8 Å². The molecule has 0 radical (unpaired) electrons. The molecule has 0 unspecified atom stereocenters. The maximum Gasteiger partial charge on any atom is 0.411 e. The molecule has 0 aromatic heterocycles. The zero-order valence-corrected chi connectivity index (χ0v) is 16.0. The number of carboxylic acids is 1. The standard InChI is InChI=1S/C24H21NO4/c1-2-15-11-12-20(23(26)27)22(13-15)25-24(28)29-14-21-18-9-5-3-7-16(18)17-8-4-6-10-19(17)21/h3-13,21H,2,14H2,1H3,(H,25,28)(H,26,27). The summed E-state index contributed by atoms with van der Waals surface area (Å²) >= 11 is 0. The Balaban J connectivity index is 1.52. The number of hydrogen-bond acceptors (Lipinski definition) is 3. The van der Waals surface area contributed by atoms with Crippen LogP contribution in [0.2, 0.25) is 0 Å². The molecule has 0 bridgehead atoms. The molecule has 3 aromatic rings. The molecule has 2 N–H and O–H groups in total. The van der Waals surface area contributed by atoms with E-state index in [2.05, 4.69) is 29.6 Å². The number of carbonyl (C=O) groups is 2. The van der Waals surface area contributed by atoms with Gasteiger partial charge in [0.25, 0.3) is 0 Å². The van der Waals surface area contributed by atoms with Crippen molar-refractivity contribution in [2.24, 2.45) is 0 Å². The van der Waals surface area contributed by atoms with E-state index >= 15 is 0 Å². The highest BCUT2D eigenvalue weighted by Crippen LogP contribution is 2.44. The minimum absolute atomic E-state index is 0.0377. The second-order valence-electron chi connectivity index (χ2n) is 6.99. The Hall–Kier alpha value is -3.60. The second kappa shape index (κ2) is 7.80. The normalized spacial score (nSPS) is 12.2. The van der Waals surface area contributed by atoms with E-state index in [9.17, 15) is 14.7 Å². The SMILES string of the molecule is CCc1ccc(C(=O)O)c(NC(=O)OCC2c3ccccc3-c3ccccc32)c1. The molecule has 1 aliphatic carbocycles. The van der Waals surface area contributed by atoms with Gasteiger partial charge in [-0.1, -0.05) is 61.5 Å². The van der Waals surface area contributed by atoms with Crippen molar-refractivity contribution >= 4 is 17.7 Å². The molecule has 0 heterocycles. The van der Waals surface area contributed by atoms with E-state index in [1.165, 1.54) is 6.07 Å². The smallest absolute Gasteiger partial charge is 0.411 e. The third kappa shape index (κ3) is 3.59. The molecule has 3 aromatic carbocycles. The van der Waals surface area contributed by atoms with Gasteiger partial charge in [-0.15, -0.1) is 0 Å². The van der Waals surface area contributed by atoms with Gasteiger partial charge in [-0.2, -0.15) is 0 Å². The van der Waals surface area contributed by atoms with Gasteiger partial charge in [0.2, 0.25) is 0 Å². The first-order chi connectivity index (χ1) is 14.1. The number of carboxylic acid groups (broad SMARTS) is 1. The average molecular weight is 387 g/mol. The van der Waals surface area contributed by atoms with Gasteiger partial charge < -0.3 is 9.84 Å². The number of fused-ring (bicyclic) bond motifs is 3. The van der Waals surface area contributed by atoms with Gasteiger partial charge >= 0.3 is 12.1 Å². The Morgan fingerprint density at radius 3 is 2.17 bits per heavy atom. The van der Waals surface area contributed by atoms with Crippen LogP contribution in [0.3, 0.4) is 0 Å². The molecule has 1 amide bonds. The quantitative estimate of drug-likeness (QED) is 0.622. The first kappa shape index (κ1) is 18.7. The lowest BCUT2D eigenvalue weighted by atomic mass is 9.98. The Bertz CT molecular complexity index is 1040. The van der Waals surface area contributed by atoms with Crippen LogP contribution in [0.25, 0.3) is 11.1 Å². The van der Waals surface area contributed by atoms with Crippen LogP contribution in [0.1, 0.15) is 39.9 Å². The van der Waals surface area contributed by atoms with E-state index < -0.39 is 12.1 Å². The summed E-state index contributed by atoms with van der Waals surface area (Å²) in [7, 11) is 0. The van der Waals surface area contributed by atoms with Crippen molar-refractivity contribution in [3.8, 4) is 11.1 Å². The number of amides is 1. The topological polar surface area (TPSA) is 75.6 Å². The van der Waals surface area contributed by atoms with Crippen LogP contribution in [-0.2, 0) is 11.2 Å². The van der Waals surface area contributed by atoms with Crippen molar-refractivity contribution in [1.82, 2.24) is 0 Å². The van der Waals surface area contributed by atoms with Crippen molar-refractivity contribution in [2.75, 3.05) is 11.9 Å². The molecule has 0 saturated heterocycles. The summed E-state index contributed by atoms with van der Waals surface area (Å²) in [6, 6.07) is 21.1. The Morgan fingerprint density at radius 1 is 0.966 bits per heavy atom. The number of aromatic carboxylic acids is 1. The fourth-order valence-electron chi connectivity index (χ4n) is 3.85. The maximum absolute atomic E-state index is 12.4. The molecule has 5 nitrogen and oxygen atoms in total. The first-order valence-corrected chi connectivity index (χ1v) is 9.56. The maximum atomic E-state index is 12.4. The molecule has 146 valence electrons. The molecule has 29 heavy (non-hydrogen) atoms. The summed E-state index contributed by atoms with van der Waals surface area (Å²) in [5, 5.41) is 12.0. The molecule has 0 aliphatic heterocycles. The predicted octanol–water partition coefficient (Wildman–Crippen LogP) is 5.31. The van der Waals surface area contributed by atoms with Crippen LogP contribution in [0, 0.1) is 0 Å². The minimum Gasteiger partial charge on any atom is -0.478 e. The van der Waals surface area contributed by atoms with Gasteiger partial charge in [-0.3, -0.25) is 5.32 Å². The van der Waals surface area contributed by atoms with Gasteiger partial charge in [-0.25, -0.2) is 9.59 Å². The van der Waals surface area contributed by atoms with Gasteiger partial charge in [0.05, 0.1) is 11.3 Å². The third-order valence-corrected chi connectivity index (χ3v) is 5.30. The zero-order chi connectivity index (χ0) is 20.4. The van der Waals surface area contributed by atoms with Gasteiger partial charge in [-0.05, 0) is 46.4 Å². The summed E-state index contributed by atoms with van der Waals surface area (Å²) in [6.07, 6.45) is 0.0711. The van der Waals surface area contributed by atoms with E-state index in [0.29, 0.717) is 0 Å². The first-order valence-electron chi connectivity index (χ1n) is 9.56. The van der Waals surface area contributed by atoms with Crippen molar-refractivity contribution in [3.05, 3.63) is 89.0 Å². The predicted molar refractivity (Wildman–Crippen MR) is 111 cm³/mol. The molecule has 1 aliphatic rings. The highest BCUT2D eigenvalue weighted by molar-refractivity contribution is 5.99. The van der Waals surface area contributed by atoms with Crippen LogP contribution >= 0.6 is 0 Å². The number of anilines is 1. The Labute approximate surface area is 169 Å². The monoisotopic (exact) mass is 387 g/mol. The summed E-state index contributed by atoms with van der Waals surface area (Å²) in [5.41, 5.74) is 5.77. The van der Waals surface area contributed by atoms with Crippen molar-refractivity contribution in [2.45, 2.75) is 19.3 Å². The summed E-state index contributed by atoms with van der Waals surface area (Å²) in [6.45, 7) is 2.14. The van der Waals surface area contributed by atoms with Crippen molar-refractivity contribution in [3.63, 3.8) is 0 Å². The van der Waals surface area contributed by atoms with Crippen molar-refractivity contribution in [1.29, 1.82) is 0 Å². The van der Waals surface area contributed by atoms with E-state index in [0.717, 1.165) is 34.2 Å². The number of benzene rings is 3. The van der Waals surface area contributed by atoms with Crippen LogP contribution in [0.15, 0.2) is 66.7 Å².